The maximum atomic E-state index is 8.92. The Labute approximate surface area is 40.3 Å². The second-order valence-corrected chi connectivity index (χ2v) is 1.99. The summed E-state index contributed by atoms with van der Waals surface area (Å²) in [5.74, 6) is 0. The molecule has 0 radical (unpaired) electrons. The van der Waals surface area contributed by atoms with Gasteiger partial charge in [-0.3, -0.25) is 4.70 Å². The van der Waals surface area contributed by atoms with Crippen molar-refractivity contribution >= 4 is 7.65 Å². The van der Waals surface area contributed by atoms with E-state index >= 15 is 0 Å². The van der Waals surface area contributed by atoms with Crippen LogP contribution in [0.25, 0.3) is 0 Å². The van der Waals surface area contributed by atoms with Gasteiger partial charge in [-0.25, -0.2) is 0 Å². The second kappa shape index (κ2) is 4.49. The van der Waals surface area contributed by atoms with Crippen molar-refractivity contribution in [1.29, 1.82) is 0 Å². The van der Waals surface area contributed by atoms with Crippen LogP contribution in [0.1, 0.15) is 0 Å². The Morgan fingerprint density at radius 2 is 1.40 bits per heavy atom. The number of hydrogen-bond acceptors (Lipinski definition) is 2. The Balaban J connectivity index is 0. The third kappa shape index (κ3) is 116. The number of hydrogen-bond donors (Lipinski definition) is 0. The first kappa shape index (κ1) is 9.09. The average molecular weight is 192 g/mol. The third-order valence-corrected chi connectivity index (χ3v) is 0. The van der Waals surface area contributed by atoms with E-state index in [-0.39, 0.29) is 4.70 Å². The van der Waals surface area contributed by atoms with Crippen molar-refractivity contribution in [2.45, 2.75) is 0 Å². The Hall–Kier alpha value is 0.490. The van der Waals surface area contributed by atoms with Gasteiger partial charge in [-0.2, -0.15) is 0 Å². The Kier molecular flexibility index (Phi) is 8.16. The van der Waals surface area contributed by atoms with Crippen molar-refractivity contribution in [2.75, 3.05) is 0 Å². The summed E-state index contributed by atoms with van der Waals surface area (Å²) in [7, 11) is -2.05. The fourth-order valence-corrected chi connectivity index (χ4v) is 0. The molecule has 0 atom stereocenters. The summed E-state index contributed by atoms with van der Waals surface area (Å²) in [4.78, 5) is 0. The molecule has 0 aliphatic rings. The van der Waals surface area contributed by atoms with Crippen LogP contribution in [0.2, 0.25) is 0 Å². The summed E-state index contributed by atoms with van der Waals surface area (Å²) in [6.07, 6.45) is 0. The van der Waals surface area contributed by atoms with Gasteiger partial charge in [0, 0.05) is 0 Å². The zero-order chi connectivity index (χ0) is 3.58. The van der Waals surface area contributed by atoms with Gasteiger partial charge in [-0.15, -0.1) is 0 Å². The van der Waals surface area contributed by atoms with Gasteiger partial charge < -0.3 is 0 Å². The van der Waals surface area contributed by atoms with Gasteiger partial charge in [0.05, 0.1) is 0 Å². The third-order valence-electron chi connectivity index (χ3n) is 0. The Morgan fingerprint density at radius 3 is 1.40 bits per heavy atom. The van der Waals surface area contributed by atoms with E-state index < -0.39 is 7.65 Å². The van der Waals surface area contributed by atoms with E-state index in [0.29, 0.717) is 0 Å². The maximum absolute atomic E-state index is 8.92. The van der Waals surface area contributed by atoms with Gasteiger partial charge in [0.1, 0.15) is 0 Å². The molecule has 0 saturated carbocycles. The summed E-state index contributed by atoms with van der Waals surface area (Å²) in [5.41, 5.74) is 0. The number of halogens is 1. The summed E-state index contributed by atoms with van der Waals surface area (Å²) >= 11 is 2.20. The Morgan fingerprint density at radius 1 is 1.40 bits per heavy atom. The standard InChI is InChI=1S/Ag.FH.O2S/c;;1-3-2/h;1H;. The number of rotatable bonds is 0. The molecule has 0 saturated heterocycles. The van der Waals surface area contributed by atoms with Crippen molar-refractivity contribution in [3.63, 3.8) is 0 Å². The van der Waals surface area contributed by atoms with Crippen LogP contribution in [-0.2, 0) is 26.8 Å². The fourth-order valence-electron chi connectivity index (χ4n) is 0. The topological polar surface area (TPSA) is 34.1 Å². The summed E-state index contributed by atoms with van der Waals surface area (Å²) in [6, 6.07) is 0. The second-order valence-electron chi connectivity index (χ2n) is 0.169. The monoisotopic (exact) mass is 191 g/mol. The molecule has 0 amide bonds. The molecule has 0 unspecified atom stereocenters. The molecular weight excluding hydrogens is 191 g/mol. The summed E-state index contributed by atoms with van der Waals surface area (Å²) in [6.45, 7) is 0. The van der Waals surface area contributed by atoms with E-state index in [2.05, 4.69) is 19.2 Å². The molecule has 37 valence electrons. The van der Waals surface area contributed by atoms with Crippen LogP contribution in [0.4, 0.5) is 4.70 Å². The van der Waals surface area contributed by atoms with E-state index in [1.165, 1.54) is 0 Å². The predicted molar refractivity (Wildman–Crippen MR) is 11.4 cm³/mol. The van der Waals surface area contributed by atoms with Crippen LogP contribution in [0, 0.1) is 0 Å². The van der Waals surface area contributed by atoms with E-state index in [4.69, 9.17) is 8.42 Å². The minimum atomic E-state index is -2.05. The first-order chi connectivity index (χ1) is 1.73. The van der Waals surface area contributed by atoms with Crippen molar-refractivity contribution in [3.8, 4) is 0 Å². The molecule has 0 aliphatic carbocycles. The van der Waals surface area contributed by atoms with E-state index in [1.54, 1.807) is 0 Å². The molecule has 0 rings (SSSR count). The van der Waals surface area contributed by atoms with Crippen LogP contribution in [0.3, 0.4) is 0 Å². The van der Waals surface area contributed by atoms with Gasteiger partial charge in [-0.1, -0.05) is 0 Å². The van der Waals surface area contributed by atoms with Gasteiger partial charge in [0.25, 0.3) is 0 Å². The zero-order valence-electron chi connectivity index (χ0n) is 1.93. The molecule has 0 fully saturated rings. The first-order valence-corrected chi connectivity index (χ1v) is 3.18. The first-order valence-electron chi connectivity index (χ1n) is 0.456. The van der Waals surface area contributed by atoms with Gasteiger partial charge in [0.15, 0.2) is 0 Å². The normalized spacial score (nSPS) is 5.20. The van der Waals surface area contributed by atoms with Crippen LogP contribution < -0.4 is 0 Å². The molecular formula is HAgFO2S. The predicted octanol–water partition coefficient (Wildman–Crippen LogP) is -0.520. The molecule has 0 N–H and O–H groups in total. The van der Waals surface area contributed by atoms with Crippen LogP contribution in [0.5, 0.6) is 0 Å². The molecule has 0 bridgehead atoms. The van der Waals surface area contributed by atoms with E-state index in [1.807, 2.05) is 0 Å². The minimum absolute atomic E-state index is 0. The molecule has 0 aromatic rings. The van der Waals surface area contributed by atoms with Crippen molar-refractivity contribution < 1.29 is 32.3 Å². The van der Waals surface area contributed by atoms with Gasteiger partial charge >= 0.3 is 35.3 Å². The molecule has 0 aromatic carbocycles. The SMILES string of the molecule is F.O=[S](=O)=[Ag]. The van der Waals surface area contributed by atoms with Crippen molar-refractivity contribution in [1.82, 2.24) is 0 Å². The molecule has 5 heavy (non-hydrogen) atoms. The fraction of sp³-hybridized carbons (Fsp3) is 0. The van der Waals surface area contributed by atoms with Gasteiger partial charge in [0.2, 0.25) is 0 Å². The summed E-state index contributed by atoms with van der Waals surface area (Å²) in [5, 5.41) is 0. The van der Waals surface area contributed by atoms with Gasteiger partial charge in [-0.05, 0) is 0 Å². The van der Waals surface area contributed by atoms with Crippen LogP contribution in [0.15, 0.2) is 0 Å². The van der Waals surface area contributed by atoms with Crippen molar-refractivity contribution in [3.05, 3.63) is 0 Å². The molecule has 0 aliphatic heterocycles. The Bertz CT molecular complexity index is 79.0. The van der Waals surface area contributed by atoms with Crippen LogP contribution >= 0.6 is 0 Å². The van der Waals surface area contributed by atoms with E-state index in [0.717, 1.165) is 0 Å². The average Bonchev–Trinajstić information content (AvgIpc) is 0.811. The quantitative estimate of drug-likeness (QED) is 0.484. The van der Waals surface area contributed by atoms with Crippen molar-refractivity contribution in [2.24, 2.45) is 0 Å². The summed E-state index contributed by atoms with van der Waals surface area (Å²) < 4.78 is 17.8. The zero-order valence-corrected chi connectivity index (χ0v) is 4.23. The van der Waals surface area contributed by atoms with Crippen LogP contribution in [-0.4, -0.2) is 8.42 Å². The molecule has 0 heterocycles. The van der Waals surface area contributed by atoms with E-state index in [9.17, 15) is 0 Å². The molecule has 5 heteroatoms. The molecule has 0 aromatic heterocycles. The molecule has 0 spiro atoms. The molecule has 2 nitrogen and oxygen atoms in total.